The van der Waals surface area contributed by atoms with E-state index in [0.717, 1.165) is 29.5 Å². The Labute approximate surface area is 762 Å². The molecule has 9 heterocycles. The summed E-state index contributed by atoms with van der Waals surface area (Å²) in [7, 11) is 0. The summed E-state index contributed by atoms with van der Waals surface area (Å²) in [6.07, 6.45) is 21.5. The van der Waals surface area contributed by atoms with Crippen LogP contribution >= 0.6 is 60.2 Å². The van der Waals surface area contributed by atoms with Gasteiger partial charge in [-0.15, -0.1) is 12.4 Å². The van der Waals surface area contributed by atoms with Gasteiger partial charge in [0.1, 0.15) is 91.5 Å². The molecule has 53 nitrogen and oxygen atoms in total. The summed E-state index contributed by atoms with van der Waals surface area (Å²) in [5.74, 6) is -1.07. The number of H-pyrrole nitrogens is 3. The number of nitrogen functional groups attached to an aromatic ring is 5. The number of nitrogens with zero attached hydrogens (tertiary/aromatic N) is 19. The van der Waals surface area contributed by atoms with Crippen LogP contribution in [0.1, 0.15) is 83.0 Å². The minimum Gasteiger partial charge on any atom is -1.00 e. The molecule has 0 aliphatic rings. The Balaban J connectivity index is -0.000000311. The van der Waals surface area contributed by atoms with Crippen molar-refractivity contribution in [3.63, 3.8) is 0 Å². The van der Waals surface area contributed by atoms with Crippen LogP contribution in [0.3, 0.4) is 0 Å². The van der Waals surface area contributed by atoms with Crippen LogP contribution in [-0.2, 0) is 125 Å². The topological polar surface area (TPSA) is 732 Å². The molecule has 0 radical (unpaired) electrons. The number of carbonyl (C=O) groups excluding carboxylic acids is 9. The van der Waals surface area contributed by atoms with E-state index in [4.69, 9.17) is 52.4 Å². The fourth-order valence-electron chi connectivity index (χ4n) is 6.90. The maximum atomic E-state index is 11.0. The van der Waals surface area contributed by atoms with Gasteiger partial charge in [0.15, 0.2) is 0 Å². The number of aryl methyl sites for hydroxylation is 2. The number of hydrogen-bond acceptors (Lipinski definition) is 40. The molecule has 0 aliphatic carbocycles. The van der Waals surface area contributed by atoms with Gasteiger partial charge in [0.05, 0.1) is 154 Å². The summed E-state index contributed by atoms with van der Waals surface area (Å²) in [4.78, 5) is 134. The molecule has 0 bridgehead atoms. The Morgan fingerprint density at radius 2 is 0.677 bits per heavy atom. The van der Waals surface area contributed by atoms with Crippen molar-refractivity contribution in [3.8, 4) is 0 Å². The predicted molar refractivity (Wildman–Crippen MR) is 451 cm³/mol. The molecule has 9 aromatic rings. The molecule has 0 unspecified atom stereocenters. The van der Waals surface area contributed by atoms with E-state index in [0.29, 0.717) is 117 Å². The molecular weight excluding hydrogens is 1890 g/mol. The second-order valence-electron chi connectivity index (χ2n) is 21.1. The van der Waals surface area contributed by atoms with Gasteiger partial charge in [-0.2, -0.15) is 45.9 Å². The minimum absolute atomic E-state index is 0. The molecule has 124 heavy (non-hydrogen) atoms. The zero-order chi connectivity index (χ0) is 92.6. The third-order valence-electron chi connectivity index (χ3n) is 11.7. The van der Waals surface area contributed by atoms with Gasteiger partial charge in [-0.3, -0.25) is 127 Å². The van der Waals surface area contributed by atoms with Crippen LogP contribution in [0, 0.1) is 40.5 Å². The van der Waals surface area contributed by atoms with E-state index in [1.807, 2.05) is 0 Å². The van der Waals surface area contributed by atoms with Gasteiger partial charge >= 0.3 is 106 Å². The van der Waals surface area contributed by atoms with E-state index < -0.39 is 25.7 Å². The number of hydrogen-bond donors (Lipinski definition) is 8. The van der Waals surface area contributed by atoms with E-state index in [1.54, 1.807) is 122 Å². The molecule has 13 N–H and O–H groups in total. The summed E-state index contributed by atoms with van der Waals surface area (Å²) in [6.45, 7) is 20.4. The van der Waals surface area contributed by atoms with E-state index >= 15 is 0 Å². The van der Waals surface area contributed by atoms with E-state index in [-0.39, 0.29) is 160 Å². The van der Waals surface area contributed by atoms with E-state index in [9.17, 15) is 83.6 Å². The van der Waals surface area contributed by atoms with Crippen LogP contribution < -0.4 is 58.2 Å². The fourth-order valence-corrected chi connectivity index (χ4v) is 7.55. The first kappa shape index (κ1) is 120. The Bertz CT molecular complexity index is 4180. The van der Waals surface area contributed by atoms with Gasteiger partial charge in [0.25, 0.3) is 0 Å². The third kappa shape index (κ3) is 67.2. The van der Waals surface area contributed by atoms with Crippen LogP contribution in [0.25, 0.3) is 0 Å². The standard InChI is InChI=1S/C8H11N3O4.C8H13N3O2.C7H9N3O4.3C7H11N3O2.C5H9BrO2.2C4H7BrO2.2C3H3N3O2.C3H5N3.ClH.Na.H/c1-2-15-8(12)3-4-10-6-7(5-9-10)11(13)14;1-2-13-8(12)3-4-11-6-7(9)5-10-11;1-2-14-7(11)5-9-4-6(3-8-9)10(12)13;1-2-12-7(11)5-10-4-6(8)3-9-10;2*1-2-12-7(11)5-10-4-3-6(8)9-10;1-2-8-5(7)3-4-6;2*1-2-7-4(6)3-5;2*7-6(8)3-1-4-5-2-3;4-3-1-2-5-6-3;;;/h5-6H,2-4H2,1H3;5-6H,2-4,9H2,1H3;3-4H,2,5H2,1H3;3-4H,2,5,8H2,1H3;2*3-4H,2,5H2,1H3,(H2,8,9);2-4H2,1H3;2*2-3H2,1H3;2*1-2H,(H,4,5);1-2H,(H3,4,5,6);1H;;/q;;;;;;;;;;;;;+1;-1. The number of alkyl halides is 3. The van der Waals surface area contributed by atoms with Crippen molar-refractivity contribution >= 4 is 165 Å². The van der Waals surface area contributed by atoms with Crippen molar-refractivity contribution in [2.24, 2.45) is 0 Å². The van der Waals surface area contributed by atoms with Gasteiger partial charge in [-0.25, -0.2) is 0 Å². The van der Waals surface area contributed by atoms with Gasteiger partial charge in [-0.1, -0.05) is 47.8 Å². The molecule has 686 valence electrons. The number of aromatic nitrogens is 18. The predicted octanol–water partition coefficient (Wildman–Crippen LogP) is 2.99. The van der Waals surface area contributed by atoms with Gasteiger partial charge in [0.2, 0.25) is 0 Å². The molecule has 0 amide bonds. The monoisotopic (exact) mass is 1980 g/mol. The largest absolute Gasteiger partial charge is 1.00 e. The van der Waals surface area contributed by atoms with Gasteiger partial charge in [0, 0.05) is 30.1 Å². The first-order valence-corrected chi connectivity index (χ1v) is 39.0. The van der Waals surface area contributed by atoms with Crippen molar-refractivity contribution in [2.75, 3.05) is 104 Å². The van der Waals surface area contributed by atoms with Crippen LogP contribution in [0.4, 0.5) is 51.6 Å². The summed E-state index contributed by atoms with van der Waals surface area (Å²) in [5, 5.41) is 81.7. The number of halogens is 4. The number of rotatable bonds is 31. The summed E-state index contributed by atoms with van der Waals surface area (Å²) >= 11 is 9.00. The molecule has 9 aromatic heterocycles. The summed E-state index contributed by atoms with van der Waals surface area (Å²) in [6, 6.07) is 4.94. The molecule has 0 aliphatic heterocycles. The smallest absolute Gasteiger partial charge is 1.00 e. The van der Waals surface area contributed by atoms with Crippen LogP contribution in [0.15, 0.2) is 111 Å². The molecule has 58 heteroatoms. The maximum Gasteiger partial charge on any atom is 1.00 e. The normalized spacial score (nSPS) is 9.26. The Morgan fingerprint density at radius 3 is 0.911 bits per heavy atom. The van der Waals surface area contributed by atoms with Crippen molar-refractivity contribution < 1.29 is 136 Å². The fraction of sp³-hybridized carbons (Fsp3) is 0.455. The molecule has 0 fully saturated rings. The SMILES string of the molecule is CCOC(=O)CBr.CCOC(=O)CBr.CCOC(=O)CCBr.CCOC(=O)CCn1cc(N)cn1.CCOC(=O)CCn1cc([N+](=O)[O-])cn1.CCOC(=O)Cn1cc(N)cn1.CCOC(=O)Cn1cc([N+](=O)[O-])cn1.CCOC(=O)Cn1ccc(N)n1.CCOC(=O)Cn1ccc(N)n1.Cl.Nc1ccn[nH]1.O=[N+]([O-])c1cn[nH]c1.O=[N+]([O-])c1cn[nH]c1.[H-].[Na+]. The van der Waals surface area contributed by atoms with Crippen molar-refractivity contribution in [2.45, 2.75) is 121 Å². The van der Waals surface area contributed by atoms with Gasteiger partial charge in [-0.05, 0) is 80.5 Å². The third-order valence-corrected chi connectivity index (χ3v) is 13.0. The zero-order valence-electron chi connectivity index (χ0n) is 70.3. The number of esters is 9. The second-order valence-corrected chi connectivity index (χ2v) is 23.1. The number of aromatic amines is 3. The van der Waals surface area contributed by atoms with Crippen molar-refractivity contribution in [1.82, 2.24) is 89.3 Å². The summed E-state index contributed by atoms with van der Waals surface area (Å²) in [5.41, 5.74) is 27.6. The first-order chi connectivity index (χ1) is 58.1. The van der Waals surface area contributed by atoms with E-state index in [2.05, 4.69) is 128 Å². The van der Waals surface area contributed by atoms with Crippen LogP contribution in [0.2, 0.25) is 0 Å². The maximum absolute atomic E-state index is 11.0. The minimum atomic E-state index is -0.575. The number of nitrogens with one attached hydrogen (secondary N) is 3. The molecule has 0 atom stereocenters. The van der Waals surface area contributed by atoms with E-state index in [1.165, 1.54) is 49.7 Å². The molecule has 0 saturated heterocycles. The Morgan fingerprint density at radius 1 is 0.387 bits per heavy atom. The second kappa shape index (κ2) is 76.6. The zero-order valence-corrected chi connectivity index (χ0v) is 76.9. The number of carbonyl (C=O) groups is 9. The molecule has 0 spiro atoms. The number of nitrogens with two attached hydrogens (primary N) is 5. The molecular formula is C66H102Br3ClN27NaO26. The number of ether oxygens (including phenoxy) is 9. The molecule has 9 rings (SSSR count). The first-order valence-electron chi connectivity index (χ1n) is 35.6. The number of anilines is 5. The number of nitro groups is 4. The summed E-state index contributed by atoms with van der Waals surface area (Å²) < 4.78 is 50.3. The Hall–Kier alpha value is -12.6. The molecule has 0 saturated carbocycles. The van der Waals surface area contributed by atoms with Crippen molar-refractivity contribution in [1.29, 1.82) is 0 Å². The quantitative estimate of drug-likeness (QED) is 0.00773. The van der Waals surface area contributed by atoms with Crippen molar-refractivity contribution in [3.05, 3.63) is 152 Å². The average Bonchev–Trinajstić information content (AvgIpc) is 1.76. The molecule has 0 aromatic carbocycles. The van der Waals surface area contributed by atoms with Gasteiger partial charge < -0.3 is 72.7 Å². The van der Waals surface area contributed by atoms with Crippen LogP contribution in [0.5, 0.6) is 0 Å². The van der Waals surface area contributed by atoms with Crippen LogP contribution in [-0.4, -0.2) is 238 Å². The Kier molecular flexibility index (Phi) is 74.1. The average molecular weight is 1990 g/mol.